The zero-order valence-electron chi connectivity index (χ0n) is 20.1. The lowest BCUT2D eigenvalue weighted by Crippen LogP contribution is -2.26. The van der Waals surface area contributed by atoms with Gasteiger partial charge in [-0.2, -0.15) is 0 Å². The second-order valence-electron chi connectivity index (χ2n) is 7.90. The number of para-hydroxylation sites is 1. The average molecular weight is 503 g/mol. The third-order valence-corrected chi connectivity index (χ3v) is 7.55. The van der Waals surface area contributed by atoms with Crippen molar-refractivity contribution in [1.82, 2.24) is 0 Å². The van der Waals surface area contributed by atoms with E-state index in [1.807, 2.05) is 54.6 Å². The Labute approximate surface area is 211 Å². The van der Waals surface area contributed by atoms with Crippen molar-refractivity contribution >= 4 is 27.3 Å². The van der Waals surface area contributed by atoms with E-state index in [1.54, 1.807) is 30.3 Å². The first-order valence-electron chi connectivity index (χ1n) is 11.1. The molecule has 7 nitrogen and oxygen atoms in total. The molecule has 0 aliphatic carbocycles. The van der Waals surface area contributed by atoms with Gasteiger partial charge in [-0.15, -0.1) is 0 Å². The van der Waals surface area contributed by atoms with Crippen LogP contribution in [0.1, 0.15) is 10.4 Å². The molecule has 4 aromatic carbocycles. The molecule has 8 heteroatoms. The van der Waals surface area contributed by atoms with E-state index in [1.165, 1.54) is 33.4 Å². The van der Waals surface area contributed by atoms with E-state index in [0.717, 1.165) is 15.4 Å². The van der Waals surface area contributed by atoms with Crippen LogP contribution < -0.4 is 19.1 Å². The lowest BCUT2D eigenvalue weighted by molar-refractivity contribution is 0.102. The first-order valence-corrected chi connectivity index (χ1v) is 12.6. The Kier molecular flexibility index (Phi) is 7.26. The number of nitrogens with one attached hydrogen (secondary N) is 1. The van der Waals surface area contributed by atoms with E-state index >= 15 is 0 Å². The van der Waals surface area contributed by atoms with Gasteiger partial charge in [0.25, 0.3) is 15.9 Å². The summed E-state index contributed by atoms with van der Waals surface area (Å²) in [6.45, 7) is 0. The summed E-state index contributed by atoms with van der Waals surface area (Å²) in [6, 6.07) is 28.1. The summed E-state index contributed by atoms with van der Waals surface area (Å²) < 4.78 is 37.9. The fourth-order valence-electron chi connectivity index (χ4n) is 3.75. The van der Waals surface area contributed by atoms with E-state index in [0.29, 0.717) is 28.4 Å². The fraction of sp³-hybridized carbons (Fsp3) is 0.107. The van der Waals surface area contributed by atoms with Crippen LogP contribution in [-0.2, 0) is 10.0 Å². The van der Waals surface area contributed by atoms with Gasteiger partial charge in [-0.1, -0.05) is 48.5 Å². The maximum atomic E-state index is 13.2. The Bertz CT molecular complexity index is 1470. The van der Waals surface area contributed by atoms with Gasteiger partial charge in [-0.25, -0.2) is 8.42 Å². The van der Waals surface area contributed by atoms with Gasteiger partial charge in [-0.05, 0) is 48.0 Å². The minimum Gasteiger partial charge on any atom is -0.493 e. The topological polar surface area (TPSA) is 84.9 Å². The number of rotatable bonds is 8. The molecule has 0 radical (unpaired) electrons. The molecule has 0 aromatic heterocycles. The molecule has 0 saturated heterocycles. The Morgan fingerprint density at radius 3 is 2.08 bits per heavy atom. The van der Waals surface area contributed by atoms with Crippen LogP contribution in [0.5, 0.6) is 11.5 Å². The summed E-state index contributed by atoms with van der Waals surface area (Å²) in [5.41, 5.74) is 3.39. The predicted octanol–water partition coefficient (Wildman–Crippen LogP) is 5.45. The number of carbonyl (C=O) groups excluding carboxylic acids is 1. The third-order valence-electron chi connectivity index (χ3n) is 5.77. The first-order chi connectivity index (χ1) is 17.3. The molecule has 0 aliphatic rings. The number of amides is 1. The van der Waals surface area contributed by atoms with Gasteiger partial charge in [0.05, 0.1) is 24.8 Å². The number of anilines is 2. The molecule has 0 fully saturated rings. The molecule has 0 aliphatic heterocycles. The summed E-state index contributed by atoms with van der Waals surface area (Å²) in [4.78, 5) is 13.0. The standard InChI is InChI=1S/C28H26N2O5S/c1-30(36(32,33)23-17-18-26(34-2)27(19-23)35-3)22-15-13-21(14-16-22)28(31)29-25-12-8-7-11-24(25)20-9-5-4-6-10-20/h4-19H,1-3H3,(H,29,31). The summed E-state index contributed by atoms with van der Waals surface area (Å²) in [5.74, 6) is 0.452. The average Bonchev–Trinajstić information content (AvgIpc) is 2.93. The molecule has 1 N–H and O–H groups in total. The number of hydrogen-bond donors (Lipinski definition) is 1. The molecular formula is C28H26N2O5S. The zero-order valence-corrected chi connectivity index (χ0v) is 21.0. The normalized spacial score (nSPS) is 11.0. The first kappa shape index (κ1) is 24.8. The van der Waals surface area contributed by atoms with Crippen molar-refractivity contribution < 1.29 is 22.7 Å². The maximum absolute atomic E-state index is 13.2. The molecule has 1 amide bonds. The van der Waals surface area contributed by atoms with Crippen LogP contribution in [0.25, 0.3) is 11.1 Å². The van der Waals surface area contributed by atoms with Crippen molar-refractivity contribution in [2.24, 2.45) is 0 Å². The van der Waals surface area contributed by atoms with Gasteiger partial charge < -0.3 is 14.8 Å². The number of methoxy groups -OCH3 is 2. The number of ether oxygens (including phenoxy) is 2. The van der Waals surface area contributed by atoms with Crippen LogP contribution >= 0.6 is 0 Å². The predicted molar refractivity (Wildman–Crippen MR) is 141 cm³/mol. The van der Waals surface area contributed by atoms with Crippen molar-refractivity contribution in [3.63, 3.8) is 0 Å². The van der Waals surface area contributed by atoms with Crippen molar-refractivity contribution in [2.75, 3.05) is 30.9 Å². The molecule has 0 saturated carbocycles. The highest BCUT2D eigenvalue weighted by molar-refractivity contribution is 7.92. The van der Waals surface area contributed by atoms with Crippen LogP contribution in [0.3, 0.4) is 0 Å². The Morgan fingerprint density at radius 1 is 0.778 bits per heavy atom. The van der Waals surface area contributed by atoms with Crippen molar-refractivity contribution in [3.8, 4) is 22.6 Å². The maximum Gasteiger partial charge on any atom is 0.264 e. The van der Waals surface area contributed by atoms with E-state index in [4.69, 9.17) is 9.47 Å². The van der Waals surface area contributed by atoms with Gasteiger partial charge in [0.2, 0.25) is 0 Å². The quantitative estimate of drug-likeness (QED) is 0.346. The molecule has 36 heavy (non-hydrogen) atoms. The van der Waals surface area contributed by atoms with Crippen molar-refractivity contribution in [2.45, 2.75) is 4.90 Å². The van der Waals surface area contributed by atoms with Crippen LogP contribution in [0.15, 0.2) is 102 Å². The number of benzene rings is 4. The third kappa shape index (κ3) is 5.04. The summed E-state index contributed by atoms with van der Waals surface area (Å²) >= 11 is 0. The van der Waals surface area contributed by atoms with Gasteiger partial charge >= 0.3 is 0 Å². The van der Waals surface area contributed by atoms with Crippen LogP contribution in [-0.4, -0.2) is 35.6 Å². The largest absolute Gasteiger partial charge is 0.493 e. The van der Waals surface area contributed by atoms with Crippen LogP contribution in [0.4, 0.5) is 11.4 Å². The lowest BCUT2D eigenvalue weighted by atomic mass is 10.0. The van der Waals surface area contributed by atoms with E-state index in [-0.39, 0.29) is 10.8 Å². The van der Waals surface area contributed by atoms with Gasteiger partial charge in [0, 0.05) is 29.9 Å². The number of carbonyl (C=O) groups is 1. The minimum atomic E-state index is -3.87. The molecule has 0 spiro atoms. The highest BCUT2D eigenvalue weighted by Crippen LogP contribution is 2.32. The molecular weight excluding hydrogens is 476 g/mol. The second-order valence-corrected chi connectivity index (χ2v) is 9.87. The highest BCUT2D eigenvalue weighted by Gasteiger charge is 2.23. The number of hydrogen-bond acceptors (Lipinski definition) is 5. The summed E-state index contributed by atoms with van der Waals surface area (Å²) in [6.07, 6.45) is 0. The summed E-state index contributed by atoms with van der Waals surface area (Å²) in [5, 5.41) is 2.96. The fourth-order valence-corrected chi connectivity index (χ4v) is 4.96. The molecule has 0 heterocycles. The molecule has 0 bridgehead atoms. The van der Waals surface area contributed by atoms with Crippen molar-refractivity contribution in [1.29, 1.82) is 0 Å². The molecule has 4 aromatic rings. The zero-order chi connectivity index (χ0) is 25.7. The van der Waals surface area contributed by atoms with E-state index < -0.39 is 10.0 Å². The second kappa shape index (κ2) is 10.5. The highest BCUT2D eigenvalue weighted by atomic mass is 32.2. The molecule has 184 valence electrons. The Morgan fingerprint density at radius 2 is 1.42 bits per heavy atom. The lowest BCUT2D eigenvalue weighted by Gasteiger charge is -2.20. The smallest absolute Gasteiger partial charge is 0.264 e. The minimum absolute atomic E-state index is 0.0574. The van der Waals surface area contributed by atoms with E-state index in [2.05, 4.69) is 5.32 Å². The Balaban J connectivity index is 1.54. The van der Waals surface area contributed by atoms with Crippen LogP contribution in [0.2, 0.25) is 0 Å². The molecule has 4 rings (SSSR count). The van der Waals surface area contributed by atoms with Gasteiger partial charge in [0.1, 0.15) is 0 Å². The van der Waals surface area contributed by atoms with Crippen molar-refractivity contribution in [3.05, 3.63) is 103 Å². The monoisotopic (exact) mass is 502 g/mol. The summed E-state index contributed by atoms with van der Waals surface area (Å²) in [7, 11) is 0.512. The van der Waals surface area contributed by atoms with Gasteiger partial charge in [-0.3, -0.25) is 9.10 Å². The number of sulfonamides is 1. The van der Waals surface area contributed by atoms with E-state index in [9.17, 15) is 13.2 Å². The van der Waals surface area contributed by atoms with Gasteiger partial charge in [0.15, 0.2) is 11.5 Å². The SMILES string of the molecule is COc1ccc(S(=O)(=O)N(C)c2ccc(C(=O)Nc3ccccc3-c3ccccc3)cc2)cc1OC. The Hall–Kier alpha value is -4.30. The molecule has 0 unspecified atom stereocenters. The number of nitrogens with zero attached hydrogens (tertiary/aromatic N) is 1. The van der Waals surface area contributed by atoms with Crippen LogP contribution in [0, 0.1) is 0 Å². The molecule has 0 atom stereocenters.